The van der Waals surface area contributed by atoms with Crippen LogP contribution in [0, 0.1) is 11.8 Å². The number of rotatable bonds is 11. The average molecular weight is 395 g/mol. The topological polar surface area (TPSA) is 80.3 Å². The highest BCUT2D eigenvalue weighted by atomic mass is 16.5. The van der Waals surface area contributed by atoms with Gasteiger partial charge in [-0.2, -0.15) is 0 Å². The van der Waals surface area contributed by atoms with E-state index in [1.54, 1.807) is 32.4 Å². The zero-order valence-electron chi connectivity index (χ0n) is 17.4. The van der Waals surface area contributed by atoms with E-state index >= 15 is 0 Å². The highest BCUT2D eigenvalue weighted by Gasteiger charge is 2.31. The molecular formula is C21H34N2O5. The fraction of sp³-hybridized carbons (Fsp3) is 0.667. The Morgan fingerprint density at radius 2 is 1.96 bits per heavy atom. The molecule has 0 radical (unpaired) electrons. The second-order valence-corrected chi connectivity index (χ2v) is 7.47. The number of benzene rings is 1. The molecule has 2 N–H and O–H groups in total. The molecule has 2 atom stereocenters. The number of hydrogen-bond donors (Lipinski definition) is 2. The fourth-order valence-corrected chi connectivity index (χ4v) is 3.47. The lowest BCUT2D eigenvalue weighted by atomic mass is 9.95. The minimum atomic E-state index is -0.0389. The normalized spacial score (nSPS) is 19.1. The number of hydrogen-bond acceptors (Lipinski definition) is 6. The van der Waals surface area contributed by atoms with Crippen molar-refractivity contribution in [3.05, 3.63) is 23.8 Å². The lowest BCUT2D eigenvalue weighted by Gasteiger charge is -2.31. The van der Waals surface area contributed by atoms with E-state index < -0.39 is 0 Å². The van der Waals surface area contributed by atoms with E-state index in [9.17, 15) is 9.90 Å². The number of amides is 1. The molecule has 0 aromatic heterocycles. The number of nitrogens with zero attached hydrogens (tertiary/aromatic N) is 1. The Hall–Kier alpha value is -1.83. The SMILES string of the molecule is COCCCOc1cc(C(=O)N(C[C@@H]2CNC[C@H]2CO)C(C)C)ccc1OC. The Morgan fingerprint density at radius 3 is 2.61 bits per heavy atom. The molecule has 7 nitrogen and oxygen atoms in total. The minimum Gasteiger partial charge on any atom is -0.493 e. The summed E-state index contributed by atoms with van der Waals surface area (Å²) in [6, 6.07) is 5.35. The molecule has 0 saturated carbocycles. The monoisotopic (exact) mass is 394 g/mol. The third-order valence-electron chi connectivity index (χ3n) is 5.19. The summed E-state index contributed by atoms with van der Waals surface area (Å²) in [6.45, 7) is 7.50. The highest BCUT2D eigenvalue weighted by Crippen LogP contribution is 2.29. The lowest BCUT2D eigenvalue weighted by Crippen LogP contribution is -2.42. The van der Waals surface area contributed by atoms with Crippen LogP contribution >= 0.6 is 0 Å². The molecule has 28 heavy (non-hydrogen) atoms. The summed E-state index contributed by atoms with van der Waals surface area (Å²) in [5.74, 6) is 1.56. The molecule has 2 rings (SSSR count). The summed E-state index contributed by atoms with van der Waals surface area (Å²) in [4.78, 5) is 15.1. The quantitative estimate of drug-likeness (QED) is 0.557. The van der Waals surface area contributed by atoms with Crippen LogP contribution in [0.15, 0.2) is 18.2 Å². The molecule has 0 aliphatic carbocycles. The van der Waals surface area contributed by atoms with Gasteiger partial charge in [-0.25, -0.2) is 0 Å². The number of methoxy groups -OCH3 is 2. The van der Waals surface area contributed by atoms with Crippen LogP contribution in [-0.2, 0) is 4.74 Å². The van der Waals surface area contributed by atoms with Crippen LogP contribution in [0.2, 0.25) is 0 Å². The maximum Gasteiger partial charge on any atom is 0.254 e. The second kappa shape index (κ2) is 11.2. The Morgan fingerprint density at radius 1 is 1.21 bits per heavy atom. The predicted molar refractivity (Wildman–Crippen MR) is 108 cm³/mol. The molecule has 1 heterocycles. The molecule has 1 aromatic rings. The Labute approximate surface area is 168 Å². The number of aliphatic hydroxyl groups is 1. The predicted octanol–water partition coefficient (Wildman–Crippen LogP) is 1.79. The van der Waals surface area contributed by atoms with Gasteiger partial charge in [-0.1, -0.05) is 0 Å². The van der Waals surface area contributed by atoms with Gasteiger partial charge in [-0.3, -0.25) is 4.79 Å². The molecule has 1 aromatic carbocycles. The molecule has 0 spiro atoms. The zero-order valence-corrected chi connectivity index (χ0v) is 17.4. The molecule has 0 bridgehead atoms. The maximum absolute atomic E-state index is 13.2. The van der Waals surface area contributed by atoms with Crippen molar-refractivity contribution in [2.24, 2.45) is 11.8 Å². The average Bonchev–Trinajstić information content (AvgIpc) is 3.15. The van der Waals surface area contributed by atoms with Gasteiger partial charge in [0.2, 0.25) is 0 Å². The first-order valence-corrected chi connectivity index (χ1v) is 9.94. The van der Waals surface area contributed by atoms with Crippen LogP contribution in [0.4, 0.5) is 0 Å². The first-order valence-electron chi connectivity index (χ1n) is 9.94. The third-order valence-corrected chi connectivity index (χ3v) is 5.19. The van der Waals surface area contributed by atoms with Crippen LogP contribution in [0.3, 0.4) is 0 Å². The van der Waals surface area contributed by atoms with Crippen LogP contribution < -0.4 is 14.8 Å². The molecular weight excluding hydrogens is 360 g/mol. The standard InChI is InChI=1S/C21H34N2O5/c1-15(2)23(13-17-11-22-12-18(17)14-24)21(25)16-6-7-19(27-4)20(10-16)28-9-5-8-26-3/h6-7,10,15,17-18,22,24H,5,8-9,11-14H2,1-4H3/t17-,18-/m0/s1. The van der Waals surface area contributed by atoms with Gasteiger partial charge >= 0.3 is 0 Å². The number of aliphatic hydroxyl groups excluding tert-OH is 1. The van der Waals surface area contributed by atoms with Gasteiger partial charge in [-0.15, -0.1) is 0 Å². The van der Waals surface area contributed by atoms with E-state index in [4.69, 9.17) is 14.2 Å². The van der Waals surface area contributed by atoms with Gasteiger partial charge in [0, 0.05) is 63.9 Å². The van der Waals surface area contributed by atoms with Crippen molar-refractivity contribution in [3.8, 4) is 11.5 Å². The molecule has 1 saturated heterocycles. The van der Waals surface area contributed by atoms with Gasteiger partial charge in [0.25, 0.3) is 5.91 Å². The number of carbonyl (C=O) groups excluding carboxylic acids is 1. The van der Waals surface area contributed by atoms with E-state index in [0.29, 0.717) is 36.8 Å². The molecule has 1 aliphatic rings. The van der Waals surface area contributed by atoms with Gasteiger partial charge in [-0.05, 0) is 38.0 Å². The third kappa shape index (κ3) is 5.83. The van der Waals surface area contributed by atoms with E-state index in [-0.39, 0.29) is 30.4 Å². The van der Waals surface area contributed by atoms with Crippen molar-refractivity contribution >= 4 is 5.91 Å². The largest absolute Gasteiger partial charge is 0.493 e. The Balaban J connectivity index is 2.14. The summed E-state index contributed by atoms with van der Waals surface area (Å²) in [6.07, 6.45) is 0.757. The van der Waals surface area contributed by atoms with Crippen molar-refractivity contribution in [2.45, 2.75) is 26.3 Å². The maximum atomic E-state index is 13.2. The van der Waals surface area contributed by atoms with E-state index in [1.165, 1.54) is 0 Å². The van der Waals surface area contributed by atoms with Crippen molar-refractivity contribution in [2.75, 3.05) is 53.7 Å². The van der Waals surface area contributed by atoms with Crippen LogP contribution in [0.1, 0.15) is 30.6 Å². The second-order valence-electron chi connectivity index (χ2n) is 7.47. The number of carbonyl (C=O) groups is 1. The van der Waals surface area contributed by atoms with Gasteiger partial charge < -0.3 is 29.5 Å². The molecule has 7 heteroatoms. The van der Waals surface area contributed by atoms with Crippen molar-refractivity contribution in [1.82, 2.24) is 10.2 Å². The molecule has 1 fully saturated rings. The molecule has 158 valence electrons. The van der Waals surface area contributed by atoms with Crippen molar-refractivity contribution in [1.29, 1.82) is 0 Å². The van der Waals surface area contributed by atoms with Crippen LogP contribution in [-0.4, -0.2) is 75.6 Å². The number of ether oxygens (including phenoxy) is 3. The summed E-state index contributed by atoms with van der Waals surface area (Å²) in [5, 5.41) is 12.9. The van der Waals surface area contributed by atoms with Crippen LogP contribution in [0.25, 0.3) is 0 Å². The summed E-state index contributed by atoms with van der Waals surface area (Å²) >= 11 is 0. The smallest absolute Gasteiger partial charge is 0.254 e. The minimum absolute atomic E-state index is 0.0389. The molecule has 1 aliphatic heterocycles. The van der Waals surface area contributed by atoms with Gasteiger partial charge in [0.1, 0.15) is 0 Å². The highest BCUT2D eigenvalue weighted by molar-refractivity contribution is 5.95. The van der Waals surface area contributed by atoms with Gasteiger partial charge in [0.15, 0.2) is 11.5 Å². The van der Waals surface area contributed by atoms with Crippen molar-refractivity contribution < 1.29 is 24.1 Å². The van der Waals surface area contributed by atoms with E-state index in [2.05, 4.69) is 5.32 Å². The Bertz CT molecular complexity index is 623. The lowest BCUT2D eigenvalue weighted by molar-refractivity contribution is 0.0643. The van der Waals surface area contributed by atoms with E-state index in [1.807, 2.05) is 18.7 Å². The molecule has 1 amide bonds. The first kappa shape index (κ1) is 22.5. The summed E-state index contributed by atoms with van der Waals surface area (Å²) in [5.41, 5.74) is 0.572. The Kier molecular flexibility index (Phi) is 9.02. The number of nitrogens with one attached hydrogen (secondary N) is 1. The van der Waals surface area contributed by atoms with Crippen molar-refractivity contribution in [3.63, 3.8) is 0 Å². The summed E-state index contributed by atoms with van der Waals surface area (Å²) < 4.78 is 16.2. The zero-order chi connectivity index (χ0) is 20.5. The first-order chi connectivity index (χ1) is 13.5. The van der Waals surface area contributed by atoms with Crippen LogP contribution in [0.5, 0.6) is 11.5 Å². The summed E-state index contributed by atoms with van der Waals surface area (Å²) in [7, 11) is 3.24. The molecule has 0 unspecified atom stereocenters. The van der Waals surface area contributed by atoms with Gasteiger partial charge in [0.05, 0.1) is 13.7 Å². The fourth-order valence-electron chi connectivity index (χ4n) is 3.47. The van der Waals surface area contributed by atoms with E-state index in [0.717, 1.165) is 19.5 Å².